The largest absolute Gasteiger partial charge is 0.489 e. The fraction of sp³-hybridized carbons (Fsp3) is 0.450. The molecule has 6 heteroatoms. The number of anilines is 1. The van der Waals surface area contributed by atoms with Gasteiger partial charge in [0.2, 0.25) is 11.8 Å². The van der Waals surface area contributed by atoms with Gasteiger partial charge in [0.05, 0.1) is 11.8 Å². The van der Waals surface area contributed by atoms with Crippen LogP contribution in [0.25, 0.3) is 11.0 Å². The maximum Gasteiger partial charge on any atom is 0.339 e. The Bertz CT molecular complexity index is 927. The molecule has 0 N–H and O–H groups in total. The van der Waals surface area contributed by atoms with Crippen LogP contribution in [0.1, 0.15) is 51.7 Å². The smallest absolute Gasteiger partial charge is 0.339 e. The van der Waals surface area contributed by atoms with Gasteiger partial charge < -0.3 is 9.15 Å². The average molecular weight is 357 g/mol. The number of rotatable bonds is 3. The van der Waals surface area contributed by atoms with Crippen molar-refractivity contribution >= 4 is 28.5 Å². The van der Waals surface area contributed by atoms with Gasteiger partial charge in [-0.05, 0) is 51.2 Å². The van der Waals surface area contributed by atoms with Gasteiger partial charge in [0.15, 0.2) is 0 Å². The molecule has 1 aliphatic rings. The second-order valence-electron chi connectivity index (χ2n) is 6.91. The van der Waals surface area contributed by atoms with Crippen molar-refractivity contribution in [3.8, 4) is 5.75 Å². The summed E-state index contributed by atoms with van der Waals surface area (Å²) in [6.07, 6.45) is 3.25. The number of hydrogen-bond donors (Lipinski definition) is 0. The van der Waals surface area contributed by atoms with Gasteiger partial charge in [-0.15, -0.1) is 0 Å². The highest BCUT2D eigenvalue weighted by Gasteiger charge is 2.25. The summed E-state index contributed by atoms with van der Waals surface area (Å²) >= 11 is 0. The first kappa shape index (κ1) is 18.2. The topological polar surface area (TPSA) is 76.8 Å². The van der Waals surface area contributed by atoms with E-state index in [1.165, 1.54) is 13.8 Å². The Balaban J connectivity index is 2.33. The molecule has 1 aliphatic carbocycles. The number of ether oxygens (including phenoxy) is 1. The molecule has 26 heavy (non-hydrogen) atoms. The van der Waals surface area contributed by atoms with Crippen LogP contribution in [-0.2, 0) is 22.4 Å². The van der Waals surface area contributed by atoms with E-state index in [-0.39, 0.29) is 11.7 Å². The summed E-state index contributed by atoms with van der Waals surface area (Å²) in [6, 6.07) is 3.35. The van der Waals surface area contributed by atoms with Crippen LogP contribution in [0.3, 0.4) is 0 Å². The van der Waals surface area contributed by atoms with Crippen molar-refractivity contribution in [3.05, 3.63) is 33.7 Å². The predicted octanol–water partition coefficient (Wildman–Crippen LogP) is 3.36. The molecule has 2 amide bonds. The van der Waals surface area contributed by atoms with Crippen molar-refractivity contribution < 1.29 is 18.7 Å². The van der Waals surface area contributed by atoms with Gasteiger partial charge in [-0.2, -0.15) is 0 Å². The van der Waals surface area contributed by atoms with E-state index >= 15 is 0 Å². The number of carbonyl (C=O) groups excluding carboxylic acids is 2. The highest BCUT2D eigenvalue weighted by molar-refractivity contribution is 6.15. The Morgan fingerprint density at radius 2 is 1.69 bits per heavy atom. The molecule has 1 aromatic carbocycles. The molecular formula is C20H23NO5. The van der Waals surface area contributed by atoms with E-state index < -0.39 is 11.8 Å². The van der Waals surface area contributed by atoms with E-state index in [1.807, 2.05) is 13.8 Å². The minimum Gasteiger partial charge on any atom is -0.489 e. The van der Waals surface area contributed by atoms with Gasteiger partial charge in [0.25, 0.3) is 0 Å². The highest BCUT2D eigenvalue weighted by atomic mass is 16.5. The van der Waals surface area contributed by atoms with E-state index in [4.69, 9.17) is 9.15 Å². The van der Waals surface area contributed by atoms with Crippen LogP contribution in [-0.4, -0.2) is 17.9 Å². The maximum absolute atomic E-state index is 12.3. The van der Waals surface area contributed by atoms with Gasteiger partial charge in [-0.25, -0.2) is 9.69 Å². The third-order valence-electron chi connectivity index (χ3n) is 4.54. The predicted molar refractivity (Wildman–Crippen MR) is 98.7 cm³/mol. The van der Waals surface area contributed by atoms with E-state index in [0.717, 1.165) is 35.1 Å². The van der Waals surface area contributed by atoms with Crippen LogP contribution in [0.2, 0.25) is 0 Å². The Hall–Kier alpha value is -2.63. The van der Waals surface area contributed by atoms with Crippen LogP contribution < -0.4 is 15.3 Å². The summed E-state index contributed by atoms with van der Waals surface area (Å²) in [5.74, 6) is -0.440. The third-order valence-corrected chi connectivity index (χ3v) is 4.54. The average Bonchev–Trinajstić information content (AvgIpc) is 2.55. The molecule has 138 valence electrons. The second-order valence-corrected chi connectivity index (χ2v) is 6.91. The quantitative estimate of drug-likeness (QED) is 0.787. The van der Waals surface area contributed by atoms with E-state index in [1.54, 1.807) is 12.1 Å². The number of aryl methyl sites for hydroxylation is 1. The summed E-state index contributed by atoms with van der Waals surface area (Å²) in [5.41, 5.74) is 2.14. The van der Waals surface area contributed by atoms with Crippen molar-refractivity contribution in [2.75, 3.05) is 4.90 Å². The molecule has 0 atom stereocenters. The molecule has 0 saturated carbocycles. The molecule has 2 aromatic rings. The van der Waals surface area contributed by atoms with Crippen molar-refractivity contribution in [1.29, 1.82) is 0 Å². The lowest BCUT2D eigenvalue weighted by Gasteiger charge is -2.24. The van der Waals surface area contributed by atoms with Crippen LogP contribution in [0, 0.1) is 0 Å². The first-order valence-electron chi connectivity index (χ1n) is 8.90. The molecule has 3 rings (SSSR count). The molecular weight excluding hydrogens is 334 g/mol. The number of nitrogens with zero attached hydrogens (tertiary/aromatic N) is 1. The molecule has 0 fully saturated rings. The van der Waals surface area contributed by atoms with Crippen LogP contribution in [0.4, 0.5) is 5.69 Å². The minimum absolute atomic E-state index is 0.170. The first-order chi connectivity index (χ1) is 12.3. The molecule has 0 spiro atoms. The van der Waals surface area contributed by atoms with Crippen molar-refractivity contribution in [1.82, 2.24) is 0 Å². The zero-order valence-corrected chi connectivity index (χ0v) is 15.5. The number of imide groups is 1. The molecule has 6 nitrogen and oxygen atoms in total. The van der Waals surface area contributed by atoms with E-state index in [2.05, 4.69) is 0 Å². The zero-order chi connectivity index (χ0) is 19.0. The van der Waals surface area contributed by atoms with Crippen molar-refractivity contribution in [2.45, 2.75) is 59.5 Å². The normalized spacial score (nSPS) is 13.6. The highest BCUT2D eigenvalue weighted by Crippen LogP contribution is 2.37. The second kappa shape index (κ2) is 6.94. The van der Waals surface area contributed by atoms with Gasteiger partial charge in [-0.1, -0.05) is 0 Å². The number of benzene rings is 1. The molecule has 0 aliphatic heterocycles. The molecule has 1 heterocycles. The Labute approximate surface area is 151 Å². The minimum atomic E-state index is -0.392. The van der Waals surface area contributed by atoms with Crippen molar-refractivity contribution in [2.24, 2.45) is 0 Å². The SMILES string of the molecule is CC(=O)N(C(C)=O)c1cc2c3c(c(=O)oc2cc1OC(C)C)CCCC3. The van der Waals surface area contributed by atoms with Crippen LogP contribution in [0.5, 0.6) is 5.75 Å². The summed E-state index contributed by atoms with van der Waals surface area (Å²) in [7, 11) is 0. The molecule has 0 unspecified atom stereocenters. The summed E-state index contributed by atoms with van der Waals surface area (Å²) in [5, 5.41) is 0.762. The Kier molecular flexibility index (Phi) is 4.85. The maximum atomic E-state index is 12.3. The number of hydrogen-bond acceptors (Lipinski definition) is 5. The van der Waals surface area contributed by atoms with Crippen molar-refractivity contribution in [3.63, 3.8) is 0 Å². The molecule has 0 radical (unpaired) electrons. The monoisotopic (exact) mass is 357 g/mol. The molecule has 1 aromatic heterocycles. The van der Waals surface area contributed by atoms with Gasteiger partial charge in [-0.3, -0.25) is 9.59 Å². The lowest BCUT2D eigenvalue weighted by Crippen LogP contribution is -2.33. The van der Waals surface area contributed by atoms with Crippen LogP contribution >= 0.6 is 0 Å². The van der Waals surface area contributed by atoms with Gasteiger partial charge in [0, 0.05) is 30.9 Å². The molecule has 0 bridgehead atoms. The Morgan fingerprint density at radius 3 is 2.27 bits per heavy atom. The molecule has 0 saturated heterocycles. The summed E-state index contributed by atoms with van der Waals surface area (Å²) in [6.45, 7) is 6.38. The third kappa shape index (κ3) is 3.23. The fourth-order valence-corrected chi connectivity index (χ4v) is 3.54. The van der Waals surface area contributed by atoms with E-state index in [9.17, 15) is 14.4 Å². The zero-order valence-electron chi connectivity index (χ0n) is 15.5. The van der Waals surface area contributed by atoms with Gasteiger partial charge >= 0.3 is 5.63 Å². The first-order valence-corrected chi connectivity index (χ1v) is 8.90. The van der Waals surface area contributed by atoms with Gasteiger partial charge in [0.1, 0.15) is 11.3 Å². The summed E-state index contributed by atoms with van der Waals surface area (Å²) < 4.78 is 11.3. The summed E-state index contributed by atoms with van der Waals surface area (Å²) in [4.78, 5) is 37.6. The standard InChI is InChI=1S/C20H23NO5/c1-11(2)25-19-10-18-16(9-17(19)21(12(3)22)13(4)23)14-7-5-6-8-15(14)20(24)26-18/h9-11H,5-8H2,1-4H3. The van der Waals surface area contributed by atoms with E-state index in [0.29, 0.717) is 29.0 Å². The fourth-order valence-electron chi connectivity index (χ4n) is 3.54. The Morgan fingerprint density at radius 1 is 1.08 bits per heavy atom. The van der Waals surface area contributed by atoms with Crippen LogP contribution in [0.15, 0.2) is 21.3 Å². The number of carbonyl (C=O) groups is 2. The number of amides is 2. The lowest BCUT2D eigenvalue weighted by atomic mass is 9.90. The number of fused-ring (bicyclic) bond motifs is 3. The lowest BCUT2D eigenvalue weighted by molar-refractivity contribution is -0.124.